The van der Waals surface area contributed by atoms with Crippen LogP contribution in [-0.2, 0) is 24.2 Å². The Balaban J connectivity index is 0.00000256. The van der Waals surface area contributed by atoms with Gasteiger partial charge in [-0.2, -0.15) is 0 Å². The second-order valence-corrected chi connectivity index (χ2v) is 12.9. The van der Waals surface area contributed by atoms with Crippen LogP contribution in [0.5, 0.6) is 0 Å². The van der Waals surface area contributed by atoms with Gasteiger partial charge in [0.2, 0.25) is 0 Å². The molecule has 0 aliphatic carbocycles. The van der Waals surface area contributed by atoms with Crippen LogP contribution in [0.25, 0.3) is 0 Å². The van der Waals surface area contributed by atoms with Gasteiger partial charge >= 0.3 is 29.6 Å². The molecule has 0 unspecified atom stereocenters. The number of pyridine rings is 1. The van der Waals surface area contributed by atoms with Crippen LogP contribution in [-0.4, -0.2) is 31.9 Å². The van der Waals surface area contributed by atoms with Gasteiger partial charge in [0.25, 0.3) is 8.32 Å². The van der Waals surface area contributed by atoms with Crippen molar-refractivity contribution in [2.45, 2.75) is 52.6 Å². The molecule has 0 atom stereocenters. The van der Waals surface area contributed by atoms with Crippen LogP contribution in [0.3, 0.4) is 0 Å². The van der Waals surface area contributed by atoms with Crippen molar-refractivity contribution in [2.75, 3.05) is 0 Å². The predicted molar refractivity (Wildman–Crippen MR) is 135 cm³/mol. The Bertz CT molecular complexity index is 942. The van der Waals surface area contributed by atoms with Crippen LogP contribution in [0.1, 0.15) is 43.2 Å². The second kappa shape index (κ2) is 12.3. The van der Waals surface area contributed by atoms with E-state index in [9.17, 15) is 10.2 Å². The summed E-state index contributed by atoms with van der Waals surface area (Å²) in [5.74, 6) is 0. The third kappa shape index (κ3) is 5.62. The Morgan fingerprint density at radius 1 is 0.844 bits per heavy atom. The first-order valence-corrected chi connectivity index (χ1v) is 12.2. The molecule has 0 amide bonds. The zero-order valence-electron chi connectivity index (χ0n) is 19.2. The molecule has 0 aliphatic heterocycles. The van der Waals surface area contributed by atoms with Gasteiger partial charge in [-0.3, -0.25) is 4.98 Å². The summed E-state index contributed by atoms with van der Waals surface area (Å²) in [6.45, 7) is 8.57. The van der Waals surface area contributed by atoms with Crippen molar-refractivity contribution in [2.24, 2.45) is 0 Å². The number of rotatable bonds is 7. The maximum Gasteiger partial charge on any atom is 1.00 e. The molecule has 4 nitrogen and oxygen atoms in total. The molecule has 0 aliphatic rings. The van der Waals surface area contributed by atoms with Crippen molar-refractivity contribution in [1.82, 2.24) is 4.98 Å². The third-order valence-electron chi connectivity index (χ3n) is 5.78. The summed E-state index contributed by atoms with van der Waals surface area (Å²) in [5, 5.41) is 22.1. The van der Waals surface area contributed by atoms with Crippen LogP contribution in [0, 0.1) is 6.92 Å². The minimum Gasteiger partial charge on any atom is -0.403 e. The first kappa shape index (κ1) is 28.8. The van der Waals surface area contributed by atoms with Gasteiger partial charge in [0, 0.05) is 23.0 Å². The first-order chi connectivity index (χ1) is 14.3. The van der Waals surface area contributed by atoms with Crippen molar-refractivity contribution >= 4 is 27.1 Å². The van der Waals surface area contributed by atoms with E-state index in [-0.39, 0.29) is 56.2 Å². The number of hydrogen-bond donors (Lipinski definition) is 2. The normalized spacial score (nSPS) is 11.4. The Hall–Kier alpha value is -1.25. The van der Waals surface area contributed by atoms with E-state index in [0.29, 0.717) is 17.7 Å². The predicted octanol–water partition coefficient (Wildman–Crippen LogP) is -0.996. The Morgan fingerprint density at radius 2 is 1.31 bits per heavy atom. The largest absolute Gasteiger partial charge is 1.00 e. The minimum absolute atomic E-state index is 0. The number of aliphatic hydroxyl groups is 2. The van der Waals surface area contributed by atoms with Gasteiger partial charge in [-0.25, -0.2) is 0 Å². The number of hydrogen-bond acceptors (Lipinski definition) is 4. The smallest absolute Gasteiger partial charge is 0.403 e. The maximum atomic E-state index is 10.00. The zero-order chi connectivity index (χ0) is 21.8. The van der Waals surface area contributed by atoms with Gasteiger partial charge < -0.3 is 14.6 Å². The molecule has 3 rings (SSSR count). The molecule has 0 radical (unpaired) electrons. The molecule has 0 saturated heterocycles. The van der Waals surface area contributed by atoms with Crippen LogP contribution in [0.15, 0.2) is 66.9 Å². The van der Waals surface area contributed by atoms with E-state index in [1.54, 1.807) is 6.20 Å². The maximum absolute atomic E-state index is 10.00. The number of aromatic nitrogens is 1. The molecule has 0 saturated carbocycles. The molecule has 32 heavy (non-hydrogen) atoms. The summed E-state index contributed by atoms with van der Waals surface area (Å²) in [7, 11) is -2.68. The molecule has 0 bridgehead atoms. The zero-order valence-corrected chi connectivity index (χ0v) is 22.2. The van der Waals surface area contributed by atoms with Crippen molar-refractivity contribution in [3.05, 3.63) is 89.2 Å². The van der Waals surface area contributed by atoms with E-state index in [0.717, 1.165) is 11.3 Å². The average Bonchev–Trinajstić information content (AvgIpc) is 2.75. The molecule has 1 heterocycles. The summed E-state index contributed by atoms with van der Waals surface area (Å²) >= 11 is 0. The van der Waals surface area contributed by atoms with E-state index in [1.165, 1.54) is 10.4 Å². The number of aliphatic hydroxyl groups excluding tert-OH is 2. The second-order valence-electron chi connectivity index (χ2n) is 8.59. The standard InChI is InChI=1S/C25H31NO3Si.BH4.Na/c1-19-23(16-27)24(17-28)20(15-26-19)18-29-30(25(2,3)4,21-11-7-5-8-12-21)22-13-9-6-10-14-22;;/h5-15,27-28H,16-18H2,1-4H3;1H4;/q;-1;+1. The van der Waals surface area contributed by atoms with Gasteiger partial charge in [0.05, 0.1) is 19.8 Å². The molecule has 3 aromatic rings. The van der Waals surface area contributed by atoms with Crippen molar-refractivity contribution in [1.29, 1.82) is 0 Å². The van der Waals surface area contributed by atoms with Gasteiger partial charge in [0.15, 0.2) is 0 Å². The van der Waals surface area contributed by atoms with E-state index in [4.69, 9.17) is 4.43 Å². The quantitative estimate of drug-likeness (QED) is 0.446. The van der Waals surface area contributed by atoms with Crippen molar-refractivity contribution in [3.63, 3.8) is 0 Å². The summed E-state index contributed by atoms with van der Waals surface area (Å²) in [4.78, 5) is 4.43. The Labute approximate surface area is 217 Å². The Morgan fingerprint density at radius 3 is 1.72 bits per heavy atom. The van der Waals surface area contributed by atoms with Crippen LogP contribution >= 0.6 is 0 Å². The molecular formula is C25H35BNNaO3Si. The molecule has 0 fully saturated rings. The van der Waals surface area contributed by atoms with E-state index >= 15 is 0 Å². The average molecular weight is 459 g/mol. The van der Waals surface area contributed by atoms with E-state index in [1.807, 2.05) is 19.1 Å². The summed E-state index contributed by atoms with van der Waals surface area (Å²) in [6.07, 6.45) is 1.76. The van der Waals surface area contributed by atoms with E-state index < -0.39 is 8.32 Å². The van der Waals surface area contributed by atoms with Gasteiger partial charge in [0.1, 0.15) is 0 Å². The minimum atomic E-state index is -2.68. The van der Waals surface area contributed by atoms with Crippen LogP contribution < -0.4 is 39.9 Å². The molecule has 1 aromatic heterocycles. The summed E-state index contributed by atoms with van der Waals surface area (Å²) in [6, 6.07) is 20.9. The van der Waals surface area contributed by atoms with Gasteiger partial charge in [-0.15, -0.1) is 0 Å². The molecule has 7 heteroatoms. The fraction of sp³-hybridized carbons (Fsp3) is 0.320. The fourth-order valence-electron chi connectivity index (χ4n) is 4.22. The third-order valence-corrected chi connectivity index (χ3v) is 10.8. The van der Waals surface area contributed by atoms with Crippen molar-refractivity contribution in [3.8, 4) is 0 Å². The number of aryl methyl sites for hydroxylation is 1. The van der Waals surface area contributed by atoms with Crippen molar-refractivity contribution < 1.29 is 44.2 Å². The first-order valence-electron chi connectivity index (χ1n) is 10.3. The Kier molecular flexibility index (Phi) is 11.0. The summed E-state index contributed by atoms with van der Waals surface area (Å²) in [5.41, 5.74) is 2.94. The SMILES string of the molecule is Cc1ncc(CO[Si](c2ccccc2)(c2ccccc2)C(C)(C)C)c(CO)c1CO.[BH4-].[Na+]. The molecule has 2 N–H and O–H groups in total. The van der Waals surface area contributed by atoms with Gasteiger partial charge in [-0.05, 0) is 27.9 Å². The number of benzene rings is 2. The number of nitrogens with zero attached hydrogens (tertiary/aromatic N) is 1. The van der Waals surface area contributed by atoms with Crippen LogP contribution in [0.4, 0.5) is 0 Å². The monoisotopic (exact) mass is 459 g/mol. The molecule has 166 valence electrons. The molecular weight excluding hydrogens is 424 g/mol. The van der Waals surface area contributed by atoms with Crippen LogP contribution in [0.2, 0.25) is 5.04 Å². The molecule has 2 aromatic carbocycles. The van der Waals surface area contributed by atoms with Gasteiger partial charge in [-0.1, -0.05) is 89.8 Å². The van der Waals surface area contributed by atoms with E-state index in [2.05, 4.69) is 74.3 Å². The molecule has 0 spiro atoms. The topological polar surface area (TPSA) is 62.6 Å². The summed E-state index contributed by atoms with van der Waals surface area (Å²) < 4.78 is 6.94. The fourth-order valence-corrected chi connectivity index (χ4v) is 8.75.